The van der Waals surface area contributed by atoms with Crippen molar-refractivity contribution in [2.75, 3.05) is 6.61 Å². The zero-order valence-corrected chi connectivity index (χ0v) is 20.7. The standard InChI is InChI=1S/C29H30F3N3O2/c1-16-8-18(10-20(33)9-16)22-6-7-34-14-19(22)11-27(36)26-5-4-23(30)29(35-26)28-24(31)12-21(13-25(28)32)37-15-17-2-3-17/h4-7,12-14,16-18,20H,2-3,8-11,15,33H2,1H3/t16-,18+,20-/m0/s1. The van der Waals surface area contributed by atoms with Crippen LogP contribution >= 0.6 is 0 Å². The molecule has 2 heterocycles. The van der Waals surface area contributed by atoms with Gasteiger partial charge in [-0.25, -0.2) is 18.2 Å². The predicted octanol–water partition coefficient (Wildman–Crippen LogP) is 6.01. The molecule has 0 unspecified atom stereocenters. The van der Waals surface area contributed by atoms with Gasteiger partial charge in [0.15, 0.2) is 5.78 Å². The SMILES string of the molecule is C[C@@H]1C[C@H](N)C[C@H](c2ccncc2CC(=O)c2ccc(F)c(-c3c(F)cc(OCC4CC4)cc3F)n2)C1. The first kappa shape index (κ1) is 25.4. The molecule has 5 rings (SSSR count). The smallest absolute Gasteiger partial charge is 0.185 e. The minimum Gasteiger partial charge on any atom is -0.493 e. The molecule has 2 aliphatic carbocycles. The van der Waals surface area contributed by atoms with Crippen molar-refractivity contribution >= 4 is 5.78 Å². The number of nitrogens with zero attached hydrogens (tertiary/aromatic N) is 2. The number of hydrogen-bond donors (Lipinski definition) is 1. The van der Waals surface area contributed by atoms with Crippen LogP contribution in [-0.2, 0) is 6.42 Å². The molecule has 2 saturated carbocycles. The van der Waals surface area contributed by atoms with E-state index < -0.39 is 34.5 Å². The van der Waals surface area contributed by atoms with E-state index in [1.54, 1.807) is 12.4 Å². The molecule has 3 atom stereocenters. The highest BCUT2D eigenvalue weighted by Gasteiger charge is 2.28. The quantitative estimate of drug-likeness (QED) is 0.377. The third-order valence-electron chi connectivity index (χ3n) is 7.28. The Morgan fingerprint density at radius 3 is 2.51 bits per heavy atom. The molecule has 0 aliphatic heterocycles. The van der Waals surface area contributed by atoms with Gasteiger partial charge in [-0.1, -0.05) is 6.92 Å². The number of ether oxygens (including phenoxy) is 1. The highest BCUT2D eigenvalue weighted by Crippen LogP contribution is 2.37. The van der Waals surface area contributed by atoms with Crippen LogP contribution in [0.15, 0.2) is 42.7 Å². The normalized spacial score (nSPS) is 21.6. The average Bonchev–Trinajstić information content (AvgIpc) is 3.68. The Bertz CT molecular complexity index is 1280. The first-order chi connectivity index (χ1) is 17.8. The molecular weight excluding hydrogens is 479 g/mol. The van der Waals surface area contributed by atoms with Crippen LogP contribution in [0.4, 0.5) is 13.2 Å². The maximum atomic E-state index is 14.9. The minimum absolute atomic E-state index is 0.0136. The summed E-state index contributed by atoms with van der Waals surface area (Å²) in [6.07, 6.45) is 8.18. The van der Waals surface area contributed by atoms with Crippen molar-refractivity contribution in [2.45, 2.75) is 57.4 Å². The van der Waals surface area contributed by atoms with Crippen LogP contribution in [0.5, 0.6) is 5.75 Å². The number of pyridine rings is 2. The van der Waals surface area contributed by atoms with E-state index in [4.69, 9.17) is 10.5 Å². The summed E-state index contributed by atoms with van der Waals surface area (Å²) in [7, 11) is 0. The van der Waals surface area contributed by atoms with Crippen molar-refractivity contribution in [3.05, 3.63) is 77.0 Å². The first-order valence-electron chi connectivity index (χ1n) is 12.8. The van der Waals surface area contributed by atoms with Crippen molar-refractivity contribution < 1.29 is 22.7 Å². The number of aromatic nitrogens is 2. The van der Waals surface area contributed by atoms with Gasteiger partial charge in [0, 0.05) is 37.0 Å². The number of carbonyl (C=O) groups excluding carboxylic acids is 1. The summed E-state index contributed by atoms with van der Waals surface area (Å²) >= 11 is 0. The van der Waals surface area contributed by atoms with E-state index >= 15 is 0 Å². The van der Waals surface area contributed by atoms with Gasteiger partial charge in [-0.15, -0.1) is 0 Å². The fraction of sp³-hybridized carbons (Fsp3) is 0.414. The van der Waals surface area contributed by atoms with Gasteiger partial charge in [-0.05, 0) is 79.2 Å². The molecule has 0 amide bonds. The molecular formula is C29H30F3N3O2. The number of rotatable bonds is 8. The summed E-state index contributed by atoms with van der Waals surface area (Å²) in [5, 5.41) is 0. The van der Waals surface area contributed by atoms with Gasteiger partial charge in [0.1, 0.15) is 34.6 Å². The third kappa shape index (κ3) is 5.85. The van der Waals surface area contributed by atoms with Gasteiger partial charge in [0.05, 0.1) is 12.2 Å². The Kier molecular flexibility index (Phi) is 7.29. The Hall–Kier alpha value is -3.26. The van der Waals surface area contributed by atoms with E-state index in [9.17, 15) is 18.0 Å². The second kappa shape index (κ2) is 10.6. The van der Waals surface area contributed by atoms with E-state index in [0.717, 1.165) is 61.4 Å². The number of carbonyl (C=O) groups is 1. The zero-order valence-electron chi connectivity index (χ0n) is 20.7. The van der Waals surface area contributed by atoms with Crippen molar-refractivity contribution in [3.8, 4) is 17.0 Å². The topological polar surface area (TPSA) is 78.1 Å². The lowest BCUT2D eigenvalue weighted by molar-refractivity contribution is 0.0987. The van der Waals surface area contributed by atoms with Crippen LogP contribution in [0, 0.1) is 29.3 Å². The van der Waals surface area contributed by atoms with Crippen LogP contribution in [0.25, 0.3) is 11.3 Å². The number of Topliss-reactive ketones (excluding diaryl/α,β-unsaturated/α-hetero) is 1. The summed E-state index contributed by atoms with van der Waals surface area (Å²) in [6.45, 7) is 2.56. The Morgan fingerprint density at radius 1 is 1.05 bits per heavy atom. The van der Waals surface area contributed by atoms with Crippen LogP contribution in [0.1, 0.15) is 66.6 Å². The van der Waals surface area contributed by atoms with Gasteiger partial charge in [0.2, 0.25) is 0 Å². The number of ketones is 1. The number of nitrogens with two attached hydrogens (primary N) is 1. The van der Waals surface area contributed by atoms with E-state index in [0.29, 0.717) is 18.4 Å². The highest BCUT2D eigenvalue weighted by molar-refractivity contribution is 5.96. The van der Waals surface area contributed by atoms with Gasteiger partial charge >= 0.3 is 0 Å². The maximum Gasteiger partial charge on any atom is 0.185 e. The van der Waals surface area contributed by atoms with Crippen molar-refractivity contribution in [1.29, 1.82) is 0 Å². The molecule has 8 heteroatoms. The van der Waals surface area contributed by atoms with Gasteiger partial charge in [-0.3, -0.25) is 9.78 Å². The molecule has 2 fully saturated rings. The summed E-state index contributed by atoms with van der Waals surface area (Å²) in [5.41, 5.74) is 6.77. The molecule has 37 heavy (non-hydrogen) atoms. The van der Waals surface area contributed by atoms with Crippen LogP contribution in [0.3, 0.4) is 0 Å². The Labute approximate surface area is 214 Å². The molecule has 2 aliphatic rings. The molecule has 2 N–H and O–H groups in total. The minimum atomic E-state index is -1.00. The second-order valence-corrected chi connectivity index (χ2v) is 10.5. The fourth-order valence-electron chi connectivity index (χ4n) is 5.29. The number of benzene rings is 1. The lowest BCUT2D eigenvalue weighted by Gasteiger charge is -2.32. The molecule has 3 aromatic rings. The van der Waals surface area contributed by atoms with Gasteiger partial charge in [0.25, 0.3) is 0 Å². The fourth-order valence-corrected chi connectivity index (χ4v) is 5.29. The average molecular weight is 510 g/mol. The van der Waals surface area contributed by atoms with Gasteiger partial charge < -0.3 is 10.5 Å². The summed E-state index contributed by atoms with van der Waals surface area (Å²) in [5.74, 6) is -2.18. The Balaban J connectivity index is 1.39. The van der Waals surface area contributed by atoms with Crippen LogP contribution in [-0.4, -0.2) is 28.4 Å². The first-order valence-corrected chi connectivity index (χ1v) is 12.8. The molecule has 2 aromatic heterocycles. The number of halogens is 3. The molecule has 0 spiro atoms. The Morgan fingerprint density at radius 2 is 1.81 bits per heavy atom. The van der Waals surface area contributed by atoms with E-state index in [2.05, 4.69) is 16.9 Å². The molecule has 0 saturated heterocycles. The second-order valence-electron chi connectivity index (χ2n) is 10.5. The summed E-state index contributed by atoms with van der Waals surface area (Å²) in [4.78, 5) is 21.5. The largest absolute Gasteiger partial charge is 0.493 e. The van der Waals surface area contributed by atoms with Crippen molar-refractivity contribution in [2.24, 2.45) is 17.6 Å². The van der Waals surface area contributed by atoms with Crippen LogP contribution in [0.2, 0.25) is 0 Å². The van der Waals surface area contributed by atoms with Gasteiger partial charge in [-0.2, -0.15) is 0 Å². The third-order valence-corrected chi connectivity index (χ3v) is 7.28. The van der Waals surface area contributed by atoms with E-state index in [-0.39, 0.29) is 29.8 Å². The van der Waals surface area contributed by atoms with Crippen molar-refractivity contribution in [3.63, 3.8) is 0 Å². The molecule has 0 radical (unpaired) electrons. The molecule has 194 valence electrons. The van der Waals surface area contributed by atoms with E-state index in [1.807, 2.05) is 6.07 Å². The highest BCUT2D eigenvalue weighted by atomic mass is 19.1. The maximum absolute atomic E-state index is 14.9. The lowest BCUT2D eigenvalue weighted by Crippen LogP contribution is -2.31. The zero-order chi connectivity index (χ0) is 26.1. The number of hydrogen-bond acceptors (Lipinski definition) is 5. The monoisotopic (exact) mass is 509 g/mol. The molecule has 0 bridgehead atoms. The predicted molar refractivity (Wildman–Crippen MR) is 134 cm³/mol. The summed E-state index contributed by atoms with van der Waals surface area (Å²) in [6, 6.07) is 6.31. The van der Waals surface area contributed by atoms with Crippen LogP contribution < -0.4 is 10.5 Å². The molecule has 5 nitrogen and oxygen atoms in total. The van der Waals surface area contributed by atoms with E-state index in [1.165, 1.54) is 6.07 Å². The van der Waals surface area contributed by atoms with Crippen molar-refractivity contribution in [1.82, 2.24) is 9.97 Å². The lowest BCUT2D eigenvalue weighted by atomic mass is 9.75. The summed E-state index contributed by atoms with van der Waals surface area (Å²) < 4.78 is 49.9. The molecule has 1 aromatic carbocycles.